The van der Waals surface area contributed by atoms with E-state index >= 15 is 13.2 Å². The highest BCUT2D eigenvalue weighted by Gasteiger charge is 2.66. The Balaban J connectivity index is 1.22. The van der Waals surface area contributed by atoms with Crippen LogP contribution in [0.3, 0.4) is 0 Å². The fourth-order valence-corrected chi connectivity index (χ4v) is 33.6. The van der Waals surface area contributed by atoms with Crippen molar-refractivity contribution in [3.05, 3.63) is 186 Å². The second kappa shape index (κ2) is 50.8. The van der Waals surface area contributed by atoms with Crippen LogP contribution in [0.25, 0.3) is 0 Å². The molecule has 5 fully saturated rings. The number of hydrogen-bond acceptors (Lipinski definition) is 33. The van der Waals surface area contributed by atoms with Crippen LogP contribution in [-0.2, 0) is 173 Å². The number of sulfonamides is 1. The number of amides is 1. The van der Waals surface area contributed by atoms with E-state index in [0.717, 1.165) is 52.9 Å². The average Bonchev–Trinajstić information content (AvgIpc) is 1.35. The topological polar surface area (TPSA) is 410 Å². The van der Waals surface area contributed by atoms with Crippen molar-refractivity contribution in [1.29, 1.82) is 0 Å². The molecule has 6 aliphatic rings. The van der Waals surface area contributed by atoms with Crippen molar-refractivity contribution in [2.75, 3.05) is 40.1 Å². The second-order valence-corrected chi connectivity index (χ2v) is 57.8. The van der Waals surface area contributed by atoms with Crippen LogP contribution in [-0.4, -0.2) is 267 Å². The monoisotopic (exact) mass is 2060 g/mol. The van der Waals surface area contributed by atoms with Crippen molar-refractivity contribution in [2.24, 2.45) is 0 Å². The lowest BCUT2D eigenvalue weighted by Crippen LogP contribution is -2.73. The predicted octanol–water partition coefficient (Wildman–Crippen LogP) is 14.1. The molecule has 0 saturated carbocycles. The fourth-order valence-electron chi connectivity index (χ4n) is 20.2. The van der Waals surface area contributed by atoms with Gasteiger partial charge in [0.25, 0.3) is 5.79 Å². The number of hydrogen-bond donors (Lipinski definition) is 3. The van der Waals surface area contributed by atoms with Crippen LogP contribution >= 0.6 is 0 Å². The number of benzene rings is 5. The number of nitrogens with one attached hydrogen (secondary N) is 2. The van der Waals surface area contributed by atoms with E-state index in [1.54, 1.807) is 54.6 Å². The molecule has 5 aromatic carbocycles. The molecule has 142 heavy (non-hydrogen) atoms. The summed E-state index contributed by atoms with van der Waals surface area (Å²) in [5, 5.41) is 16.4. The molecule has 0 aliphatic carbocycles. The van der Waals surface area contributed by atoms with Crippen molar-refractivity contribution < 1.29 is 155 Å². The minimum Gasteiger partial charge on any atom is -0.493 e. The summed E-state index contributed by atoms with van der Waals surface area (Å²) < 4.78 is 195. The van der Waals surface area contributed by atoms with Crippen molar-refractivity contribution in [1.82, 2.24) is 10.0 Å². The van der Waals surface area contributed by atoms with Crippen LogP contribution in [0, 0.1) is 0 Å². The fraction of sp³-hybridized carbons (Fsp3) is 0.621. The first-order valence-electron chi connectivity index (χ1n) is 49.0. The Labute approximate surface area is 837 Å². The molecule has 3 N–H and O–H groups in total. The molecule has 6 heterocycles. The van der Waals surface area contributed by atoms with E-state index in [9.17, 15) is 33.9 Å². The number of rotatable bonds is 48. The van der Waals surface area contributed by atoms with Crippen molar-refractivity contribution in [3.8, 4) is 0 Å². The van der Waals surface area contributed by atoms with Gasteiger partial charge < -0.3 is 118 Å². The van der Waals surface area contributed by atoms with E-state index in [4.69, 9.17) is 108 Å². The summed E-state index contributed by atoms with van der Waals surface area (Å²) >= 11 is 0. The summed E-state index contributed by atoms with van der Waals surface area (Å²) in [5.74, 6) is -9.50. The van der Waals surface area contributed by atoms with Gasteiger partial charge in [-0.15, -0.1) is 0 Å². The number of carbonyl (C=O) groups excluding carboxylic acids is 7. The van der Waals surface area contributed by atoms with Gasteiger partial charge in [-0.3, -0.25) is 24.0 Å². The first-order valence-corrected chi connectivity index (χ1v) is 57.6. The molecular weight excluding hydrogens is 1910 g/mol. The molecule has 24 atom stereocenters. The number of ether oxygens (including phenoxy) is 20. The minimum absolute atomic E-state index is 0.00466. The molecular formula is C103H148N2O33SSi3. The van der Waals surface area contributed by atoms with Crippen LogP contribution in [0.5, 0.6) is 0 Å². The predicted molar refractivity (Wildman–Crippen MR) is 525 cm³/mol. The van der Waals surface area contributed by atoms with Gasteiger partial charge in [0.2, 0.25) is 15.9 Å². The maximum atomic E-state index is 16.6. The molecule has 0 aromatic heterocycles. The van der Waals surface area contributed by atoms with Gasteiger partial charge in [-0.2, -0.15) is 0 Å². The Hall–Kier alpha value is -8.35. The second-order valence-electron chi connectivity index (χ2n) is 40.4. The molecule has 786 valence electrons. The lowest BCUT2D eigenvalue weighted by molar-refractivity contribution is -0.401. The number of fused-ring (bicyclic) bond motifs is 1. The maximum absolute atomic E-state index is 16.6. The highest BCUT2D eigenvalue weighted by molar-refractivity contribution is 7.89. The van der Waals surface area contributed by atoms with Crippen LogP contribution in [0.15, 0.2) is 169 Å². The zero-order valence-electron chi connectivity index (χ0n) is 85.8. The largest absolute Gasteiger partial charge is 0.509 e. The molecule has 0 bridgehead atoms. The van der Waals surface area contributed by atoms with Gasteiger partial charge in [0.1, 0.15) is 92.0 Å². The van der Waals surface area contributed by atoms with E-state index in [1.165, 1.54) is 30.5 Å². The lowest BCUT2D eigenvalue weighted by atomic mass is 9.87. The molecule has 39 heteroatoms. The first kappa shape index (κ1) is 114. The summed E-state index contributed by atoms with van der Waals surface area (Å²) in [6.45, 7) is 37.6. The van der Waals surface area contributed by atoms with Crippen LogP contribution in [0.4, 0.5) is 4.79 Å². The van der Waals surface area contributed by atoms with Gasteiger partial charge in [0, 0.05) is 34.6 Å². The van der Waals surface area contributed by atoms with Gasteiger partial charge in [-0.1, -0.05) is 243 Å². The third kappa shape index (κ3) is 28.5. The van der Waals surface area contributed by atoms with Crippen molar-refractivity contribution in [3.63, 3.8) is 0 Å². The zero-order valence-corrected chi connectivity index (χ0v) is 89.6. The number of aliphatic hydroxyl groups is 1. The third-order valence-electron chi connectivity index (χ3n) is 27.6. The normalized spacial score (nSPS) is 28.1. The van der Waals surface area contributed by atoms with Gasteiger partial charge in [0.15, 0.2) is 74.3 Å². The molecule has 0 spiro atoms. The Kier molecular flexibility index (Phi) is 40.8. The number of carbonyl (C=O) groups is 7. The van der Waals surface area contributed by atoms with Crippen molar-refractivity contribution in [2.45, 2.75) is 374 Å². The van der Waals surface area contributed by atoms with Gasteiger partial charge >= 0.3 is 36.0 Å². The minimum atomic E-state index is -5.00. The summed E-state index contributed by atoms with van der Waals surface area (Å²) in [6, 6.07) is 40.1. The zero-order chi connectivity index (χ0) is 104. The van der Waals surface area contributed by atoms with Crippen LogP contribution in [0.1, 0.15) is 167 Å². The molecule has 5 aromatic rings. The Morgan fingerprint density at radius 1 is 0.514 bits per heavy atom. The van der Waals surface area contributed by atoms with Gasteiger partial charge in [0.05, 0.1) is 83.6 Å². The number of methoxy groups -OCH3 is 1. The highest BCUT2D eigenvalue weighted by Crippen LogP contribution is 2.50. The average molecular weight is 2060 g/mol. The van der Waals surface area contributed by atoms with Crippen LogP contribution < -0.4 is 10.0 Å². The smallest absolute Gasteiger partial charge is 0.493 e. The molecule has 6 aliphatic heterocycles. The lowest BCUT2D eigenvalue weighted by Gasteiger charge is -2.54. The highest BCUT2D eigenvalue weighted by atomic mass is 32.2. The van der Waals surface area contributed by atoms with E-state index in [1.807, 2.05) is 113 Å². The standard InChI is InChI=1S/C103H148N2O33SSi3/c1-61(2)141(62(3)4,63(5)6)123-59-79-86(111)91(133-99-96(138-140(22,23)102(18,19)20)93-89(134-101(113)135-93)83(130-99)60-124-142(64(7)8,65(9)10)66(11)12)85(105-139(114,115)76-47-37-28-38-48-76)97(128-79)132-90-81(57-118-53-73-41-31-25-32-42-73)129-98(131-87-77(121-54-74-43-33-26-34-44-74)49-50-119-80(87)56-117-52-72-39-29-24-30-40-72)95(122-55-75-45-35-27-36-46-75)94(90)137-103(100(112)116-21)51-78(125-69(15)108)84(104-67(13)106)92(136-103)88(127-71(17)110)82(126-70(16)109)58-120-68(14)107/h24-50,61-66,77-99,105,111H,51-60H2,1-23H3,(H,104,106)/t77-,78+,79-,80-,81-,82-,83-,84-,85-,86+,87+,88+,89+,90+,91-,92-,93+,94+,95-,96-,97+,98+,99+,103+/m1/s1. The van der Waals surface area contributed by atoms with Crippen LogP contribution in [0.2, 0.25) is 51.4 Å². The first-order chi connectivity index (χ1) is 67.2. The number of aliphatic hydroxyl groups excluding tert-OH is 1. The van der Waals surface area contributed by atoms with E-state index in [0.29, 0.717) is 11.1 Å². The summed E-state index contributed by atoms with van der Waals surface area (Å²) in [4.78, 5) is 99.3. The molecule has 5 saturated heterocycles. The SMILES string of the molecule is COC(=O)[C@@]1(O[C@H]2[C@@H](O[C@@H]3O[C@H](CO[Si](C(C)C)(C(C)C)C(C)C)[C@H](O)[C@H](O[C@@H]4O[C@H](CO[Si](C(C)C)(C(C)C)C(C)C)[C@@H]5OC(=O)O[C@@H]5[C@H]4O[Si](C)(C)C(C)(C)C)[C@H]3NS(=O)(=O)c3ccccc3)[C@@H](COCc3ccccc3)O[C@@H](O[C@H]3[C@H](OCc4ccccc4)C=CO[C@@H]3COCc3ccccc3)[C@@H]2OCc2ccccc2)C[C@H](OC(C)=O)[C@@H](NC(C)=O)[C@H]([C@@H](OC(C)=O)[C@@H](COC(C)=O)OC(C)=O)O1. The Bertz CT molecular complexity index is 4970. The van der Waals surface area contributed by atoms with E-state index < -0.39 is 261 Å². The summed E-state index contributed by atoms with van der Waals surface area (Å²) in [5.41, 5.74) is 2.55. The Morgan fingerprint density at radius 2 is 0.979 bits per heavy atom. The van der Waals surface area contributed by atoms with Gasteiger partial charge in [-0.05, 0) is 91.8 Å². The Morgan fingerprint density at radius 3 is 1.47 bits per heavy atom. The molecule has 35 nitrogen and oxygen atoms in total. The van der Waals surface area contributed by atoms with E-state index in [2.05, 4.69) is 93.1 Å². The molecule has 0 radical (unpaired) electrons. The molecule has 1 amide bonds. The summed E-state index contributed by atoms with van der Waals surface area (Å²) in [7, 11) is -13.2. The van der Waals surface area contributed by atoms with E-state index in [-0.39, 0.29) is 71.2 Å². The van der Waals surface area contributed by atoms with Crippen molar-refractivity contribution >= 4 is 76.9 Å². The molecule has 0 unspecified atom stereocenters. The maximum Gasteiger partial charge on any atom is 0.509 e. The quantitative estimate of drug-likeness (QED) is 0.0185. The number of esters is 5. The third-order valence-corrected chi connectivity index (χ3v) is 45.7. The molecule has 11 rings (SSSR count). The summed E-state index contributed by atoms with van der Waals surface area (Å²) in [6.07, 6.45) is -35.0. The van der Waals surface area contributed by atoms with Gasteiger partial charge in [-0.25, -0.2) is 22.7 Å².